The van der Waals surface area contributed by atoms with Gasteiger partial charge in [-0.3, -0.25) is 0 Å². The lowest BCUT2D eigenvalue weighted by Crippen LogP contribution is -1.83. The Kier molecular flexibility index (Phi) is 3.60. The van der Waals surface area contributed by atoms with Gasteiger partial charge in [-0.15, -0.1) is 0 Å². The molecule has 3 heteroatoms. The Bertz CT molecular complexity index is 432. The van der Waals surface area contributed by atoms with Gasteiger partial charge in [0.25, 0.3) is 0 Å². The zero-order valence-electron chi connectivity index (χ0n) is 8.28. The number of hydrogen-bond donors (Lipinski definition) is 0. The molecule has 0 spiro atoms. The molecule has 0 atom stereocenters. The summed E-state index contributed by atoms with van der Waals surface area (Å²) in [6, 6.07) is 6.11. The predicted molar refractivity (Wildman–Crippen MR) is 56.8 cm³/mol. The van der Waals surface area contributed by atoms with E-state index in [1.54, 1.807) is 0 Å². The second-order valence-electron chi connectivity index (χ2n) is 3.01. The lowest BCUT2D eigenvalue weighted by molar-refractivity contribution is 1.25. The summed E-state index contributed by atoms with van der Waals surface area (Å²) in [6.07, 6.45) is 0. The quantitative estimate of drug-likeness (QED) is 0.279. The summed E-state index contributed by atoms with van der Waals surface area (Å²) in [5.74, 6) is 5.77. The van der Waals surface area contributed by atoms with Crippen molar-refractivity contribution < 1.29 is 0 Å². The minimum atomic E-state index is 0.226. The van der Waals surface area contributed by atoms with Crippen LogP contribution >= 0.6 is 0 Å². The normalized spacial score (nSPS) is 8.43. The Morgan fingerprint density at radius 3 is 2.93 bits per heavy atom. The lowest BCUT2D eigenvalue weighted by atomic mass is 10.1. The van der Waals surface area contributed by atoms with E-state index >= 15 is 0 Å². The number of aryl methyl sites for hydroxylation is 2. The van der Waals surface area contributed by atoms with E-state index in [9.17, 15) is 0 Å². The lowest BCUT2D eigenvalue weighted by Gasteiger charge is -1.98. The smallest absolute Gasteiger partial charge is 0.0880 e. The van der Waals surface area contributed by atoms with E-state index in [1.165, 1.54) is 5.56 Å². The molecule has 0 unspecified atom stereocenters. The molecule has 0 heterocycles. The first-order chi connectivity index (χ1) is 6.74. The van der Waals surface area contributed by atoms with Crippen LogP contribution in [0.5, 0.6) is 0 Å². The fraction of sp³-hybridized carbons (Fsp3) is 0.273. The van der Waals surface area contributed by atoms with Gasteiger partial charge in [-0.05, 0) is 36.6 Å². The van der Waals surface area contributed by atoms with Crippen molar-refractivity contribution in [2.24, 2.45) is 5.11 Å². The van der Waals surface area contributed by atoms with Gasteiger partial charge in [-0.2, -0.15) is 0 Å². The van der Waals surface area contributed by atoms with Crippen molar-refractivity contribution in [2.45, 2.75) is 13.8 Å². The first-order valence-electron chi connectivity index (χ1n) is 4.31. The van der Waals surface area contributed by atoms with Crippen LogP contribution < -0.4 is 0 Å². The Balaban J connectivity index is 2.88. The van der Waals surface area contributed by atoms with Gasteiger partial charge in [0.2, 0.25) is 0 Å². The van der Waals surface area contributed by atoms with Crippen LogP contribution in [0.4, 0.5) is 0 Å². The van der Waals surface area contributed by atoms with Crippen LogP contribution in [0.15, 0.2) is 23.3 Å². The molecule has 1 rings (SSSR count). The zero-order chi connectivity index (χ0) is 10.4. The van der Waals surface area contributed by atoms with E-state index in [4.69, 9.17) is 5.53 Å². The van der Waals surface area contributed by atoms with E-state index in [2.05, 4.69) is 21.9 Å². The average Bonchev–Trinajstić information content (AvgIpc) is 2.18. The second-order valence-corrected chi connectivity index (χ2v) is 3.01. The van der Waals surface area contributed by atoms with Crippen LogP contribution in [0.25, 0.3) is 10.4 Å². The molecule has 0 aliphatic rings. The summed E-state index contributed by atoms with van der Waals surface area (Å²) in [6.45, 7) is 4.26. The van der Waals surface area contributed by atoms with E-state index in [1.807, 2.05) is 32.0 Å². The molecule has 1 aromatic carbocycles. The standard InChI is InChI=1S/C11H11N3/c1-9-5-6-10(2)11(8-9)4-3-7-13-14-12/h5-6,8H,7H2,1-2H3. The fourth-order valence-electron chi connectivity index (χ4n) is 1.07. The van der Waals surface area contributed by atoms with Crippen LogP contribution in [-0.2, 0) is 0 Å². The molecule has 0 radical (unpaired) electrons. The Hall–Kier alpha value is -1.91. The molecule has 0 saturated heterocycles. The van der Waals surface area contributed by atoms with Crippen molar-refractivity contribution in [3.05, 3.63) is 45.3 Å². The highest BCUT2D eigenvalue weighted by Gasteiger charge is 1.93. The van der Waals surface area contributed by atoms with Gasteiger partial charge in [0.05, 0.1) is 6.54 Å². The topological polar surface area (TPSA) is 48.8 Å². The number of benzene rings is 1. The second kappa shape index (κ2) is 4.96. The molecule has 0 fully saturated rings. The minimum Gasteiger partial charge on any atom is -0.0919 e. The number of nitrogens with zero attached hydrogens (tertiary/aromatic N) is 3. The Morgan fingerprint density at radius 1 is 1.43 bits per heavy atom. The molecule has 0 amide bonds. The molecular weight excluding hydrogens is 174 g/mol. The molecule has 1 aromatic rings. The first-order valence-corrected chi connectivity index (χ1v) is 4.31. The van der Waals surface area contributed by atoms with Gasteiger partial charge in [-0.25, -0.2) is 0 Å². The highest BCUT2D eigenvalue weighted by atomic mass is 15.1. The summed E-state index contributed by atoms with van der Waals surface area (Å²) in [4.78, 5) is 2.63. The maximum absolute atomic E-state index is 8.05. The molecule has 0 N–H and O–H groups in total. The summed E-state index contributed by atoms with van der Waals surface area (Å²) >= 11 is 0. The number of azide groups is 1. The summed E-state index contributed by atoms with van der Waals surface area (Å²) in [5.41, 5.74) is 11.4. The number of hydrogen-bond acceptors (Lipinski definition) is 1. The van der Waals surface area contributed by atoms with Gasteiger partial charge in [0, 0.05) is 10.5 Å². The average molecular weight is 185 g/mol. The van der Waals surface area contributed by atoms with Crippen molar-refractivity contribution in [3.63, 3.8) is 0 Å². The zero-order valence-corrected chi connectivity index (χ0v) is 8.28. The Labute approximate surface area is 83.4 Å². The van der Waals surface area contributed by atoms with Gasteiger partial charge in [0.15, 0.2) is 0 Å². The first kappa shape index (κ1) is 10.2. The number of rotatable bonds is 1. The third kappa shape index (κ3) is 2.85. The van der Waals surface area contributed by atoms with Crippen molar-refractivity contribution >= 4 is 0 Å². The Morgan fingerprint density at radius 2 is 2.21 bits per heavy atom. The van der Waals surface area contributed by atoms with Crippen LogP contribution in [0.2, 0.25) is 0 Å². The van der Waals surface area contributed by atoms with Crippen LogP contribution in [-0.4, -0.2) is 6.54 Å². The molecule has 0 saturated carbocycles. The largest absolute Gasteiger partial charge is 0.0919 e. The van der Waals surface area contributed by atoms with E-state index in [-0.39, 0.29) is 6.54 Å². The third-order valence-corrected chi connectivity index (χ3v) is 1.83. The molecule has 0 aliphatic carbocycles. The van der Waals surface area contributed by atoms with Crippen LogP contribution in [0.1, 0.15) is 16.7 Å². The monoisotopic (exact) mass is 185 g/mol. The molecular formula is C11H11N3. The van der Waals surface area contributed by atoms with Gasteiger partial charge < -0.3 is 0 Å². The molecule has 3 nitrogen and oxygen atoms in total. The summed E-state index contributed by atoms with van der Waals surface area (Å²) in [5, 5.41) is 3.35. The molecule has 14 heavy (non-hydrogen) atoms. The van der Waals surface area contributed by atoms with Crippen LogP contribution in [0.3, 0.4) is 0 Å². The van der Waals surface area contributed by atoms with Crippen molar-refractivity contribution in [3.8, 4) is 11.8 Å². The van der Waals surface area contributed by atoms with Gasteiger partial charge in [-0.1, -0.05) is 29.1 Å². The van der Waals surface area contributed by atoms with Crippen molar-refractivity contribution in [2.75, 3.05) is 6.54 Å². The van der Waals surface area contributed by atoms with E-state index in [0.717, 1.165) is 11.1 Å². The SMILES string of the molecule is Cc1ccc(C)c(C#CCN=[N+]=[N-])c1. The van der Waals surface area contributed by atoms with E-state index < -0.39 is 0 Å². The predicted octanol–water partition coefficient (Wildman–Crippen LogP) is 2.97. The third-order valence-electron chi connectivity index (χ3n) is 1.83. The highest BCUT2D eigenvalue weighted by Crippen LogP contribution is 2.08. The molecule has 0 bridgehead atoms. The van der Waals surface area contributed by atoms with Gasteiger partial charge in [0.1, 0.15) is 0 Å². The van der Waals surface area contributed by atoms with Gasteiger partial charge >= 0.3 is 0 Å². The van der Waals surface area contributed by atoms with Crippen molar-refractivity contribution in [1.29, 1.82) is 0 Å². The summed E-state index contributed by atoms with van der Waals surface area (Å²) in [7, 11) is 0. The molecule has 0 aromatic heterocycles. The molecule has 0 aliphatic heterocycles. The maximum Gasteiger partial charge on any atom is 0.0880 e. The van der Waals surface area contributed by atoms with Crippen molar-refractivity contribution in [1.82, 2.24) is 0 Å². The fourth-order valence-corrected chi connectivity index (χ4v) is 1.07. The highest BCUT2D eigenvalue weighted by molar-refractivity contribution is 5.43. The molecule has 70 valence electrons. The minimum absolute atomic E-state index is 0.226. The van der Waals surface area contributed by atoms with Crippen LogP contribution in [0, 0.1) is 25.7 Å². The van der Waals surface area contributed by atoms with E-state index in [0.29, 0.717) is 0 Å². The maximum atomic E-state index is 8.05. The summed E-state index contributed by atoms with van der Waals surface area (Å²) < 4.78 is 0.